The topological polar surface area (TPSA) is 49.3 Å². The minimum Gasteiger partial charge on any atom is -0.392 e. The molecule has 2 N–H and O–H groups in total. The van der Waals surface area contributed by atoms with Gasteiger partial charge in [-0.25, -0.2) is 0 Å². The number of halogens is 1. The Kier molecular flexibility index (Phi) is 5.43. The van der Waals surface area contributed by atoms with E-state index in [4.69, 9.17) is 11.6 Å². The van der Waals surface area contributed by atoms with Crippen LogP contribution in [-0.2, 0) is 4.79 Å². The number of amides is 1. The second kappa shape index (κ2) is 6.38. The summed E-state index contributed by atoms with van der Waals surface area (Å²) in [6.45, 7) is 5.68. The maximum Gasteiger partial charge on any atom is 0.223 e. The maximum atomic E-state index is 11.6. The average molecular weight is 276 g/mol. The second-order valence-corrected chi connectivity index (χ2v) is 6.19. The van der Waals surface area contributed by atoms with E-state index in [-0.39, 0.29) is 24.3 Å². The summed E-state index contributed by atoms with van der Waals surface area (Å²) in [5, 5.41) is 12.5. The fraction of sp³-hybridized carbons (Fsp3) is 0.583. The molecule has 1 aromatic heterocycles. The first-order valence-electron chi connectivity index (χ1n) is 5.62. The van der Waals surface area contributed by atoms with E-state index in [1.807, 2.05) is 32.9 Å². The molecule has 1 amide bonds. The number of carbonyl (C=O) groups is 1. The van der Waals surface area contributed by atoms with E-state index in [0.717, 1.165) is 4.88 Å². The van der Waals surface area contributed by atoms with Crippen LogP contribution < -0.4 is 5.32 Å². The molecule has 0 aliphatic carbocycles. The van der Waals surface area contributed by atoms with Gasteiger partial charge in [-0.2, -0.15) is 0 Å². The lowest BCUT2D eigenvalue weighted by Crippen LogP contribution is -2.31. The number of rotatable bonds is 5. The summed E-state index contributed by atoms with van der Waals surface area (Å²) in [7, 11) is 0. The largest absolute Gasteiger partial charge is 0.392 e. The normalized spacial score (nSPS) is 14.7. The van der Waals surface area contributed by atoms with Crippen LogP contribution in [0, 0.1) is 5.92 Å². The highest BCUT2D eigenvalue weighted by Gasteiger charge is 2.17. The summed E-state index contributed by atoms with van der Waals surface area (Å²) < 4.78 is 0.711. The van der Waals surface area contributed by atoms with Crippen molar-refractivity contribution in [3.05, 3.63) is 21.3 Å². The van der Waals surface area contributed by atoms with E-state index in [0.29, 0.717) is 4.34 Å². The van der Waals surface area contributed by atoms with Crippen LogP contribution in [0.4, 0.5) is 0 Å². The number of hydrogen-bond acceptors (Lipinski definition) is 3. The van der Waals surface area contributed by atoms with Crippen LogP contribution in [0.25, 0.3) is 0 Å². The summed E-state index contributed by atoms with van der Waals surface area (Å²) in [5.74, 6) is -0.0459. The van der Waals surface area contributed by atoms with E-state index in [9.17, 15) is 9.90 Å². The molecule has 0 saturated heterocycles. The number of hydrogen-bond donors (Lipinski definition) is 2. The third-order valence-electron chi connectivity index (χ3n) is 2.56. The lowest BCUT2D eigenvalue weighted by Gasteiger charge is -2.16. The molecular weight excluding hydrogens is 258 g/mol. The Labute approximate surface area is 111 Å². The molecule has 0 spiro atoms. The number of carbonyl (C=O) groups excluding carboxylic acids is 1. The lowest BCUT2D eigenvalue weighted by molar-refractivity contribution is -0.124. The molecular formula is C12H18ClNO2S. The average Bonchev–Trinajstić information content (AvgIpc) is 2.64. The minimum absolute atomic E-state index is 0.0700. The van der Waals surface area contributed by atoms with Gasteiger partial charge < -0.3 is 10.4 Å². The van der Waals surface area contributed by atoms with Gasteiger partial charge in [0, 0.05) is 4.88 Å². The SMILES string of the molecule is CC(NC(=O)CC(O)C(C)C)c1ccc(Cl)s1. The number of nitrogens with one attached hydrogen (secondary N) is 1. The first kappa shape index (κ1) is 14.5. The van der Waals surface area contributed by atoms with Crippen molar-refractivity contribution in [3.63, 3.8) is 0 Å². The standard InChI is InChI=1S/C12H18ClNO2S/c1-7(2)9(15)6-12(16)14-8(3)10-4-5-11(13)17-10/h4-5,7-9,15H,6H2,1-3H3,(H,14,16). The molecule has 0 radical (unpaired) electrons. The van der Waals surface area contributed by atoms with Crippen molar-refractivity contribution in [1.29, 1.82) is 0 Å². The molecule has 0 aromatic carbocycles. The highest BCUT2D eigenvalue weighted by atomic mass is 35.5. The van der Waals surface area contributed by atoms with Gasteiger partial charge in [0.1, 0.15) is 0 Å². The molecule has 0 fully saturated rings. The predicted octanol–water partition coefficient (Wildman–Crippen LogP) is 2.99. The van der Waals surface area contributed by atoms with Crippen molar-refractivity contribution in [3.8, 4) is 0 Å². The van der Waals surface area contributed by atoms with Crippen LogP contribution >= 0.6 is 22.9 Å². The molecule has 0 aliphatic heterocycles. The summed E-state index contributed by atoms with van der Waals surface area (Å²) >= 11 is 7.28. The van der Waals surface area contributed by atoms with Crippen molar-refractivity contribution >= 4 is 28.8 Å². The number of aliphatic hydroxyl groups excluding tert-OH is 1. The van der Waals surface area contributed by atoms with Gasteiger partial charge in [-0.15, -0.1) is 11.3 Å². The van der Waals surface area contributed by atoms with Gasteiger partial charge in [0.15, 0.2) is 0 Å². The molecule has 1 rings (SSSR count). The van der Waals surface area contributed by atoms with E-state index < -0.39 is 6.10 Å². The fourth-order valence-corrected chi connectivity index (χ4v) is 2.42. The lowest BCUT2D eigenvalue weighted by atomic mass is 10.0. The molecule has 3 nitrogen and oxygen atoms in total. The van der Waals surface area contributed by atoms with E-state index in [1.54, 1.807) is 0 Å². The summed E-state index contributed by atoms with van der Waals surface area (Å²) in [4.78, 5) is 12.7. The van der Waals surface area contributed by atoms with Crippen LogP contribution in [-0.4, -0.2) is 17.1 Å². The molecule has 96 valence electrons. The number of thiophene rings is 1. The smallest absolute Gasteiger partial charge is 0.223 e. The Morgan fingerprint density at radius 2 is 2.12 bits per heavy atom. The van der Waals surface area contributed by atoms with Gasteiger partial charge in [-0.1, -0.05) is 25.4 Å². The zero-order valence-corrected chi connectivity index (χ0v) is 11.8. The number of aliphatic hydroxyl groups is 1. The minimum atomic E-state index is -0.589. The monoisotopic (exact) mass is 275 g/mol. The van der Waals surface area contributed by atoms with Gasteiger partial charge in [-0.05, 0) is 25.0 Å². The molecule has 5 heteroatoms. The third-order valence-corrected chi connectivity index (χ3v) is 3.98. The van der Waals surface area contributed by atoms with E-state index in [1.165, 1.54) is 11.3 Å². The molecule has 0 bridgehead atoms. The second-order valence-electron chi connectivity index (χ2n) is 4.45. The van der Waals surface area contributed by atoms with E-state index >= 15 is 0 Å². The molecule has 2 unspecified atom stereocenters. The molecule has 1 heterocycles. The highest BCUT2D eigenvalue weighted by molar-refractivity contribution is 7.16. The van der Waals surface area contributed by atoms with Crippen molar-refractivity contribution in [1.82, 2.24) is 5.32 Å². The molecule has 0 saturated carbocycles. The first-order chi connectivity index (χ1) is 7.90. The van der Waals surface area contributed by atoms with Gasteiger partial charge in [-0.3, -0.25) is 4.79 Å². The van der Waals surface area contributed by atoms with Crippen molar-refractivity contribution < 1.29 is 9.90 Å². The van der Waals surface area contributed by atoms with Crippen molar-refractivity contribution in [2.24, 2.45) is 5.92 Å². The van der Waals surface area contributed by atoms with Crippen LogP contribution in [0.5, 0.6) is 0 Å². The summed E-state index contributed by atoms with van der Waals surface area (Å²) in [5.41, 5.74) is 0. The van der Waals surface area contributed by atoms with Crippen LogP contribution in [0.3, 0.4) is 0 Å². The third kappa shape index (κ3) is 4.66. The fourth-order valence-electron chi connectivity index (χ4n) is 1.36. The molecule has 17 heavy (non-hydrogen) atoms. The molecule has 0 aliphatic rings. The van der Waals surface area contributed by atoms with Gasteiger partial charge in [0.25, 0.3) is 0 Å². The Balaban J connectivity index is 2.46. The van der Waals surface area contributed by atoms with Crippen LogP contribution in [0.15, 0.2) is 12.1 Å². The van der Waals surface area contributed by atoms with Gasteiger partial charge in [0.2, 0.25) is 5.91 Å². The quantitative estimate of drug-likeness (QED) is 0.868. The highest BCUT2D eigenvalue weighted by Crippen LogP contribution is 2.26. The van der Waals surface area contributed by atoms with Crippen LogP contribution in [0.1, 0.15) is 38.1 Å². The van der Waals surface area contributed by atoms with Crippen LogP contribution in [0.2, 0.25) is 4.34 Å². The van der Waals surface area contributed by atoms with Gasteiger partial charge in [0.05, 0.1) is 22.9 Å². The van der Waals surface area contributed by atoms with Crippen molar-refractivity contribution in [2.45, 2.75) is 39.3 Å². The molecule has 2 atom stereocenters. The van der Waals surface area contributed by atoms with Gasteiger partial charge >= 0.3 is 0 Å². The predicted molar refractivity (Wildman–Crippen MR) is 71.3 cm³/mol. The Bertz CT molecular complexity index is 378. The summed E-state index contributed by atoms with van der Waals surface area (Å²) in [6, 6.07) is 3.64. The zero-order chi connectivity index (χ0) is 13.0. The Morgan fingerprint density at radius 1 is 1.47 bits per heavy atom. The first-order valence-corrected chi connectivity index (χ1v) is 6.82. The Hall–Kier alpha value is -0.580. The maximum absolute atomic E-state index is 11.6. The zero-order valence-electron chi connectivity index (χ0n) is 10.2. The molecule has 1 aromatic rings. The Morgan fingerprint density at radius 3 is 2.59 bits per heavy atom. The van der Waals surface area contributed by atoms with E-state index in [2.05, 4.69) is 5.32 Å². The summed E-state index contributed by atoms with van der Waals surface area (Å²) in [6.07, 6.45) is -0.449. The van der Waals surface area contributed by atoms with Crippen molar-refractivity contribution in [2.75, 3.05) is 0 Å².